The van der Waals surface area contributed by atoms with Crippen LogP contribution in [0.5, 0.6) is 0 Å². The molecule has 15 heavy (non-hydrogen) atoms. The minimum absolute atomic E-state index is 0.233. The fourth-order valence-electron chi connectivity index (χ4n) is 1.88. The third-order valence-corrected chi connectivity index (χ3v) is 3.04. The van der Waals surface area contributed by atoms with Crippen LogP contribution in [0.3, 0.4) is 0 Å². The second-order valence-corrected chi connectivity index (χ2v) is 3.79. The number of carbonyl (C=O) groups is 1. The lowest BCUT2D eigenvalue weighted by atomic mass is 10.1. The molecule has 0 aliphatic heterocycles. The molecule has 3 nitrogen and oxygen atoms in total. The van der Waals surface area contributed by atoms with E-state index in [0.717, 1.165) is 22.2 Å². The highest BCUT2D eigenvalue weighted by Crippen LogP contribution is 2.24. The molecule has 0 amide bonds. The number of hydrogen-bond donors (Lipinski definition) is 0. The zero-order valence-electron chi connectivity index (χ0n) is 9.00. The Kier molecular flexibility index (Phi) is 2.03. The SMILES string of the molecule is Cc1c(C)n(C)c2ccc(C(=O)[O-])cc12. The first-order valence-electron chi connectivity index (χ1n) is 4.79. The standard InChI is InChI=1S/C12H13NO2/c1-7-8(2)13(3)11-5-4-9(12(14)15)6-10(7)11/h4-6H,1-3H3,(H,14,15)/p-1. The third-order valence-electron chi connectivity index (χ3n) is 3.04. The number of hydrogen-bond acceptors (Lipinski definition) is 2. The predicted molar refractivity (Wildman–Crippen MR) is 56.7 cm³/mol. The lowest BCUT2D eigenvalue weighted by Gasteiger charge is -2.03. The van der Waals surface area contributed by atoms with Crippen LogP contribution in [0.4, 0.5) is 0 Å². The molecule has 1 aromatic heterocycles. The molecule has 2 rings (SSSR count). The van der Waals surface area contributed by atoms with Gasteiger partial charge >= 0.3 is 0 Å². The molecule has 2 aromatic rings. The summed E-state index contributed by atoms with van der Waals surface area (Å²) in [6.45, 7) is 4.02. The molecule has 0 fully saturated rings. The zero-order chi connectivity index (χ0) is 11.2. The van der Waals surface area contributed by atoms with E-state index in [2.05, 4.69) is 4.57 Å². The Labute approximate surface area is 87.9 Å². The van der Waals surface area contributed by atoms with Crippen LogP contribution in [0.25, 0.3) is 10.9 Å². The molecule has 78 valence electrons. The van der Waals surface area contributed by atoms with Crippen molar-refractivity contribution in [2.75, 3.05) is 0 Å². The summed E-state index contributed by atoms with van der Waals surface area (Å²) in [7, 11) is 1.98. The van der Waals surface area contributed by atoms with Gasteiger partial charge in [-0.15, -0.1) is 0 Å². The summed E-state index contributed by atoms with van der Waals surface area (Å²) in [6, 6.07) is 5.07. The smallest absolute Gasteiger partial charge is 0.0715 e. The van der Waals surface area contributed by atoms with Gasteiger partial charge in [-0.25, -0.2) is 0 Å². The van der Waals surface area contributed by atoms with Crippen molar-refractivity contribution in [1.82, 2.24) is 4.57 Å². The van der Waals surface area contributed by atoms with E-state index < -0.39 is 5.97 Å². The second kappa shape index (κ2) is 3.12. The first kappa shape index (κ1) is 9.77. The topological polar surface area (TPSA) is 45.1 Å². The van der Waals surface area contributed by atoms with Crippen LogP contribution in [0.1, 0.15) is 21.6 Å². The van der Waals surface area contributed by atoms with E-state index in [1.165, 1.54) is 0 Å². The van der Waals surface area contributed by atoms with E-state index >= 15 is 0 Å². The maximum Gasteiger partial charge on any atom is 0.0715 e. The summed E-state index contributed by atoms with van der Waals surface area (Å²) in [5.74, 6) is -1.13. The quantitative estimate of drug-likeness (QED) is 0.696. The average molecular weight is 202 g/mol. The van der Waals surface area contributed by atoms with Crippen molar-refractivity contribution in [1.29, 1.82) is 0 Å². The molecular formula is C12H12NO2-. The summed E-state index contributed by atoms with van der Waals surface area (Å²) in [4.78, 5) is 10.7. The summed E-state index contributed by atoms with van der Waals surface area (Å²) in [5, 5.41) is 11.7. The molecule has 0 saturated carbocycles. The van der Waals surface area contributed by atoms with Gasteiger partial charge in [0.1, 0.15) is 0 Å². The van der Waals surface area contributed by atoms with Gasteiger partial charge in [0, 0.05) is 23.6 Å². The third kappa shape index (κ3) is 1.31. The first-order valence-corrected chi connectivity index (χ1v) is 4.79. The zero-order valence-corrected chi connectivity index (χ0v) is 9.00. The molecule has 0 atom stereocenters. The van der Waals surface area contributed by atoms with Crippen molar-refractivity contribution in [3.05, 3.63) is 35.0 Å². The first-order chi connectivity index (χ1) is 7.02. The van der Waals surface area contributed by atoms with Crippen LogP contribution in [-0.2, 0) is 7.05 Å². The van der Waals surface area contributed by atoms with Crippen molar-refractivity contribution in [2.45, 2.75) is 13.8 Å². The van der Waals surface area contributed by atoms with E-state index in [1.807, 2.05) is 27.0 Å². The summed E-state index contributed by atoms with van der Waals surface area (Å²) in [5.41, 5.74) is 3.56. The van der Waals surface area contributed by atoms with Crippen LogP contribution in [0.15, 0.2) is 18.2 Å². The summed E-state index contributed by atoms with van der Waals surface area (Å²) >= 11 is 0. The molecule has 1 heterocycles. The minimum atomic E-state index is -1.13. The Hall–Kier alpha value is -1.77. The number of benzene rings is 1. The number of carboxylic acid groups (broad SMARTS) is 1. The van der Waals surface area contributed by atoms with Crippen LogP contribution in [0.2, 0.25) is 0 Å². The Morgan fingerprint density at radius 3 is 2.60 bits per heavy atom. The number of aromatic nitrogens is 1. The van der Waals surface area contributed by atoms with Gasteiger partial charge in [-0.05, 0) is 37.1 Å². The highest BCUT2D eigenvalue weighted by molar-refractivity contribution is 5.94. The van der Waals surface area contributed by atoms with Gasteiger partial charge in [0.15, 0.2) is 0 Å². The van der Waals surface area contributed by atoms with E-state index in [1.54, 1.807) is 12.1 Å². The normalized spacial score (nSPS) is 10.9. The molecule has 1 aromatic carbocycles. The summed E-state index contributed by atoms with van der Waals surface area (Å²) < 4.78 is 2.06. The van der Waals surface area contributed by atoms with Crippen molar-refractivity contribution in [2.24, 2.45) is 7.05 Å². The Morgan fingerprint density at radius 1 is 1.33 bits per heavy atom. The minimum Gasteiger partial charge on any atom is -0.545 e. The largest absolute Gasteiger partial charge is 0.545 e. The number of aryl methyl sites for hydroxylation is 2. The Morgan fingerprint density at radius 2 is 2.00 bits per heavy atom. The van der Waals surface area contributed by atoms with Crippen LogP contribution < -0.4 is 5.11 Å². The number of nitrogens with zero attached hydrogens (tertiary/aromatic N) is 1. The number of carbonyl (C=O) groups excluding carboxylic acids is 1. The van der Waals surface area contributed by atoms with Gasteiger partial charge in [0.25, 0.3) is 0 Å². The van der Waals surface area contributed by atoms with Crippen molar-refractivity contribution < 1.29 is 9.90 Å². The highest BCUT2D eigenvalue weighted by atomic mass is 16.4. The average Bonchev–Trinajstić information content (AvgIpc) is 2.44. The fourth-order valence-corrected chi connectivity index (χ4v) is 1.88. The maximum atomic E-state index is 10.7. The Bertz CT molecular complexity index is 552. The van der Waals surface area contributed by atoms with Gasteiger partial charge in [-0.3, -0.25) is 0 Å². The molecule has 0 spiro atoms. The number of fused-ring (bicyclic) bond motifs is 1. The fraction of sp³-hybridized carbons (Fsp3) is 0.250. The van der Waals surface area contributed by atoms with E-state index in [4.69, 9.17) is 0 Å². The van der Waals surface area contributed by atoms with E-state index in [-0.39, 0.29) is 5.56 Å². The molecule has 0 radical (unpaired) electrons. The van der Waals surface area contributed by atoms with Gasteiger partial charge < -0.3 is 14.5 Å². The van der Waals surface area contributed by atoms with Crippen molar-refractivity contribution in [3.63, 3.8) is 0 Å². The van der Waals surface area contributed by atoms with Crippen molar-refractivity contribution >= 4 is 16.9 Å². The number of aromatic carboxylic acids is 1. The monoisotopic (exact) mass is 202 g/mol. The van der Waals surface area contributed by atoms with Gasteiger partial charge in [-0.1, -0.05) is 6.07 Å². The Balaban J connectivity index is 2.82. The summed E-state index contributed by atoms with van der Waals surface area (Å²) in [6.07, 6.45) is 0. The number of carboxylic acids is 1. The van der Waals surface area contributed by atoms with Gasteiger partial charge in [-0.2, -0.15) is 0 Å². The molecule has 0 bridgehead atoms. The molecule has 0 N–H and O–H groups in total. The lowest BCUT2D eigenvalue weighted by molar-refractivity contribution is -0.255. The second-order valence-electron chi connectivity index (χ2n) is 3.79. The van der Waals surface area contributed by atoms with Crippen molar-refractivity contribution in [3.8, 4) is 0 Å². The predicted octanol–water partition coefficient (Wildman–Crippen LogP) is 1.16. The van der Waals surface area contributed by atoms with Crippen LogP contribution in [-0.4, -0.2) is 10.5 Å². The van der Waals surface area contributed by atoms with Crippen LogP contribution >= 0.6 is 0 Å². The molecule has 3 heteroatoms. The van der Waals surface area contributed by atoms with Gasteiger partial charge in [0.05, 0.1) is 5.97 Å². The molecule has 0 aliphatic rings. The highest BCUT2D eigenvalue weighted by Gasteiger charge is 2.08. The van der Waals surface area contributed by atoms with E-state index in [0.29, 0.717) is 0 Å². The molecular weight excluding hydrogens is 190 g/mol. The number of rotatable bonds is 1. The molecule has 0 saturated heterocycles. The van der Waals surface area contributed by atoms with Gasteiger partial charge in [0.2, 0.25) is 0 Å². The molecule has 0 unspecified atom stereocenters. The maximum absolute atomic E-state index is 10.7. The van der Waals surface area contributed by atoms with Crippen LogP contribution in [0, 0.1) is 13.8 Å². The molecule has 0 aliphatic carbocycles. The van der Waals surface area contributed by atoms with E-state index in [9.17, 15) is 9.90 Å². The lowest BCUT2D eigenvalue weighted by Crippen LogP contribution is -2.21.